The van der Waals surface area contributed by atoms with Gasteiger partial charge in [-0.3, -0.25) is 0 Å². The average molecular weight is 249 g/mol. The van der Waals surface area contributed by atoms with E-state index < -0.39 is 0 Å². The molecule has 0 bridgehead atoms. The molecule has 1 aromatic carbocycles. The highest BCUT2D eigenvalue weighted by atomic mass is 16.6. The summed E-state index contributed by atoms with van der Waals surface area (Å²) in [4.78, 5) is 0. The van der Waals surface area contributed by atoms with Crippen LogP contribution in [-0.2, 0) is 4.74 Å². The molecule has 2 N–H and O–H groups in total. The van der Waals surface area contributed by atoms with Crippen LogP contribution >= 0.6 is 0 Å². The number of ether oxygens (including phenoxy) is 3. The van der Waals surface area contributed by atoms with Crippen LogP contribution in [0.5, 0.6) is 11.5 Å². The first kappa shape index (κ1) is 11.8. The summed E-state index contributed by atoms with van der Waals surface area (Å²) in [5, 5.41) is 0. The monoisotopic (exact) mass is 249 g/mol. The predicted molar refractivity (Wildman–Crippen MR) is 67.9 cm³/mol. The molecule has 4 heteroatoms. The van der Waals surface area contributed by atoms with Gasteiger partial charge in [-0.1, -0.05) is 6.07 Å². The van der Waals surface area contributed by atoms with Crippen molar-refractivity contribution in [3.8, 4) is 11.5 Å². The molecule has 4 nitrogen and oxygen atoms in total. The number of nitrogens with two attached hydrogens (primary N) is 1. The molecule has 98 valence electrons. The van der Waals surface area contributed by atoms with E-state index in [1.54, 1.807) is 0 Å². The molecule has 2 aliphatic heterocycles. The van der Waals surface area contributed by atoms with E-state index in [2.05, 4.69) is 6.92 Å². The van der Waals surface area contributed by atoms with E-state index >= 15 is 0 Å². The molecular formula is C14H19NO3. The van der Waals surface area contributed by atoms with Crippen LogP contribution in [0.15, 0.2) is 18.2 Å². The quantitative estimate of drug-likeness (QED) is 0.869. The molecule has 1 aromatic rings. The van der Waals surface area contributed by atoms with E-state index in [4.69, 9.17) is 19.9 Å². The van der Waals surface area contributed by atoms with Crippen molar-refractivity contribution >= 4 is 0 Å². The minimum Gasteiger partial charge on any atom is -0.486 e. The van der Waals surface area contributed by atoms with Gasteiger partial charge in [0.25, 0.3) is 0 Å². The van der Waals surface area contributed by atoms with Gasteiger partial charge in [0.2, 0.25) is 0 Å². The van der Waals surface area contributed by atoms with Crippen molar-refractivity contribution in [3.05, 3.63) is 23.8 Å². The fraction of sp³-hybridized carbons (Fsp3) is 0.571. The molecule has 18 heavy (non-hydrogen) atoms. The molecule has 3 unspecified atom stereocenters. The maximum absolute atomic E-state index is 6.35. The van der Waals surface area contributed by atoms with E-state index in [-0.39, 0.29) is 12.1 Å². The van der Waals surface area contributed by atoms with Crippen molar-refractivity contribution in [1.29, 1.82) is 0 Å². The number of fused-ring (bicyclic) bond motifs is 1. The highest BCUT2D eigenvalue weighted by Gasteiger charge is 2.31. The fourth-order valence-electron chi connectivity index (χ4n) is 2.73. The normalized spacial score (nSPS) is 28.1. The Morgan fingerprint density at radius 2 is 1.94 bits per heavy atom. The SMILES string of the molecule is CC1OCCC1C(N)c1ccc2c(c1)OCCO2. The van der Waals surface area contributed by atoms with Gasteiger partial charge in [-0.05, 0) is 31.0 Å². The molecule has 0 radical (unpaired) electrons. The lowest BCUT2D eigenvalue weighted by atomic mass is 9.89. The Morgan fingerprint density at radius 3 is 2.67 bits per heavy atom. The second kappa shape index (κ2) is 4.78. The molecule has 0 aromatic heterocycles. The number of hydrogen-bond acceptors (Lipinski definition) is 4. The molecule has 0 amide bonds. The Balaban J connectivity index is 1.83. The molecule has 1 fully saturated rings. The van der Waals surface area contributed by atoms with Gasteiger partial charge < -0.3 is 19.9 Å². The summed E-state index contributed by atoms with van der Waals surface area (Å²) in [6, 6.07) is 5.98. The molecule has 1 saturated heterocycles. The van der Waals surface area contributed by atoms with Gasteiger partial charge in [0, 0.05) is 18.6 Å². The zero-order chi connectivity index (χ0) is 12.5. The minimum atomic E-state index is -0.00155. The van der Waals surface area contributed by atoms with Crippen LogP contribution in [0.1, 0.15) is 24.9 Å². The number of rotatable bonds is 2. The summed E-state index contributed by atoms with van der Waals surface area (Å²) in [5.41, 5.74) is 7.45. The van der Waals surface area contributed by atoms with Gasteiger partial charge in [0.15, 0.2) is 11.5 Å². The van der Waals surface area contributed by atoms with Gasteiger partial charge in [0.1, 0.15) is 13.2 Å². The first-order valence-corrected chi connectivity index (χ1v) is 6.52. The molecule has 0 spiro atoms. The van der Waals surface area contributed by atoms with E-state index in [9.17, 15) is 0 Å². The van der Waals surface area contributed by atoms with Gasteiger partial charge >= 0.3 is 0 Å². The van der Waals surface area contributed by atoms with Gasteiger partial charge in [-0.2, -0.15) is 0 Å². The van der Waals surface area contributed by atoms with Crippen molar-refractivity contribution in [2.24, 2.45) is 11.7 Å². The summed E-state index contributed by atoms with van der Waals surface area (Å²) in [6.07, 6.45) is 1.25. The van der Waals surface area contributed by atoms with E-state index in [1.165, 1.54) is 0 Å². The maximum Gasteiger partial charge on any atom is 0.161 e. The number of benzene rings is 1. The van der Waals surface area contributed by atoms with Gasteiger partial charge in [-0.25, -0.2) is 0 Å². The van der Waals surface area contributed by atoms with Crippen molar-refractivity contribution in [3.63, 3.8) is 0 Å². The summed E-state index contributed by atoms with van der Waals surface area (Å²) >= 11 is 0. The lowest BCUT2D eigenvalue weighted by Crippen LogP contribution is -2.26. The van der Waals surface area contributed by atoms with Crippen LogP contribution in [0, 0.1) is 5.92 Å². The van der Waals surface area contributed by atoms with E-state index in [1.807, 2.05) is 18.2 Å². The van der Waals surface area contributed by atoms with Crippen LogP contribution in [0.25, 0.3) is 0 Å². The average Bonchev–Trinajstić information content (AvgIpc) is 2.83. The molecule has 2 aliphatic rings. The summed E-state index contributed by atoms with van der Waals surface area (Å²) < 4.78 is 16.7. The Kier molecular flexibility index (Phi) is 3.14. The second-order valence-corrected chi connectivity index (χ2v) is 4.96. The first-order valence-electron chi connectivity index (χ1n) is 6.52. The Bertz CT molecular complexity index is 435. The highest BCUT2D eigenvalue weighted by molar-refractivity contribution is 5.44. The first-order chi connectivity index (χ1) is 8.75. The second-order valence-electron chi connectivity index (χ2n) is 4.96. The molecule has 3 rings (SSSR count). The zero-order valence-corrected chi connectivity index (χ0v) is 10.6. The summed E-state index contributed by atoms with van der Waals surface area (Å²) in [6.45, 7) is 4.13. The Morgan fingerprint density at radius 1 is 1.17 bits per heavy atom. The van der Waals surface area contributed by atoms with Crippen LogP contribution in [0.2, 0.25) is 0 Å². The molecule has 0 aliphatic carbocycles. The van der Waals surface area contributed by atoms with Crippen LogP contribution in [0.3, 0.4) is 0 Å². The van der Waals surface area contributed by atoms with Crippen molar-refractivity contribution < 1.29 is 14.2 Å². The molecule has 0 saturated carbocycles. The van der Waals surface area contributed by atoms with Gasteiger partial charge in [-0.15, -0.1) is 0 Å². The molecule has 3 atom stereocenters. The van der Waals surface area contributed by atoms with Crippen molar-refractivity contribution in [1.82, 2.24) is 0 Å². The smallest absolute Gasteiger partial charge is 0.161 e. The third-order valence-electron chi connectivity index (χ3n) is 3.85. The topological polar surface area (TPSA) is 53.7 Å². The zero-order valence-electron chi connectivity index (χ0n) is 10.6. The third kappa shape index (κ3) is 2.06. The van der Waals surface area contributed by atoms with Crippen LogP contribution < -0.4 is 15.2 Å². The summed E-state index contributed by atoms with van der Waals surface area (Å²) in [5.74, 6) is 2.00. The molecule has 2 heterocycles. The Hall–Kier alpha value is -1.26. The minimum absolute atomic E-state index is 0.00155. The molecular weight excluding hydrogens is 230 g/mol. The van der Waals surface area contributed by atoms with Crippen molar-refractivity contribution in [2.75, 3.05) is 19.8 Å². The lowest BCUT2D eigenvalue weighted by molar-refractivity contribution is 0.0994. The van der Waals surface area contributed by atoms with Crippen LogP contribution in [0.4, 0.5) is 0 Å². The fourth-order valence-corrected chi connectivity index (χ4v) is 2.73. The van der Waals surface area contributed by atoms with E-state index in [0.29, 0.717) is 19.1 Å². The number of hydrogen-bond donors (Lipinski definition) is 1. The predicted octanol–water partition coefficient (Wildman–Crippen LogP) is 1.88. The standard InChI is InChI=1S/C14H19NO3/c1-9-11(4-5-16-9)14(15)10-2-3-12-13(8-10)18-7-6-17-12/h2-3,8-9,11,14H,4-7,15H2,1H3. The lowest BCUT2D eigenvalue weighted by Gasteiger charge is -2.24. The van der Waals surface area contributed by atoms with Crippen LogP contribution in [-0.4, -0.2) is 25.9 Å². The van der Waals surface area contributed by atoms with Crippen molar-refractivity contribution in [2.45, 2.75) is 25.5 Å². The maximum atomic E-state index is 6.35. The summed E-state index contributed by atoms with van der Waals surface area (Å²) in [7, 11) is 0. The Labute approximate surface area is 107 Å². The third-order valence-corrected chi connectivity index (χ3v) is 3.85. The van der Waals surface area contributed by atoms with Gasteiger partial charge in [0.05, 0.1) is 6.10 Å². The largest absolute Gasteiger partial charge is 0.486 e. The van der Waals surface area contributed by atoms with E-state index in [0.717, 1.165) is 30.1 Å². The highest BCUT2D eigenvalue weighted by Crippen LogP contribution is 2.36.